The third-order valence-electron chi connectivity index (χ3n) is 3.85. The Morgan fingerprint density at radius 1 is 0.967 bits per heavy atom. The molecule has 0 fully saturated rings. The number of aliphatic hydroxyl groups excluding tert-OH is 2. The monoisotopic (exact) mass is 433 g/mol. The summed E-state index contributed by atoms with van der Waals surface area (Å²) >= 11 is 0. The van der Waals surface area contributed by atoms with Crippen LogP contribution in [0, 0.1) is 0 Å². The predicted molar refractivity (Wildman–Crippen MR) is 106 cm³/mol. The van der Waals surface area contributed by atoms with Crippen LogP contribution in [0.2, 0.25) is 0 Å². The molecule has 0 bridgehead atoms. The van der Waals surface area contributed by atoms with Crippen LogP contribution in [-0.2, 0) is 19.2 Å². The third-order valence-corrected chi connectivity index (χ3v) is 3.85. The summed E-state index contributed by atoms with van der Waals surface area (Å²) in [5, 5.41) is 34.5. The van der Waals surface area contributed by atoms with Crippen LogP contribution in [0.4, 0.5) is 0 Å². The van der Waals surface area contributed by atoms with E-state index in [2.05, 4.69) is 15.6 Å². The van der Waals surface area contributed by atoms with Crippen molar-refractivity contribution in [3.05, 3.63) is 0 Å². The maximum absolute atomic E-state index is 12.6. The minimum absolute atomic E-state index is 0.0869. The van der Waals surface area contributed by atoms with Crippen LogP contribution in [0.1, 0.15) is 26.7 Å². The second-order valence-electron chi connectivity index (χ2n) is 6.61. The van der Waals surface area contributed by atoms with Gasteiger partial charge in [-0.1, -0.05) is 0 Å². The number of rotatable bonds is 13. The highest BCUT2D eigenvalue weighted by Gasteiger charge is 2.32. The van der Waals surface area contributed by atoms with E-state index in [4.69, 9.17) is 27.4 Å². The number of aliphatic hydroxyl groups is 2. The Kier molecular flexibility index (Phi) is 12.0. The number of hydrogen-bond donors (Lipinski definition) is 9. The lowest BCUT2D eigenvalue weighted by Gasteiger charge is -2.26. The average Bonchev–Trinajstić information content (AvgIpc) is 2.64. The van der Waals surface area contributed by atoms with E-state index in [0.29, 0.717) is 6.42 Å². The summed E-state index contributed by atoms with van der Waals surface area (Å²) in [4.78, 5) is 51.5. The summed E-state index contributed by atoms with van der Waals surface area (Å²) in [5.74, 6) is -4.11. The molecule has 12 N–H and O–H groups in total. The summed E-state index contributed by atoms with van der Waals surface area (Å²) in [5.41, 5.74) is 15.9. The van der Waals surface area contributed by atoms with E-state index in [1.54, 1.807) is 0 Å². The van der Waals surface area contributed by atoms with Crippen molar-refractivity contribution in [2.75, 3.05) is 13.2 Å². The molecule has 0 aromatic rings. The van der Waals surface area contributed by atoms with E-state index >= 15 is 0 Å². The lowest BCUT2D eigenvalue weighted by atomic mass is 10.1. The normalized spacial score (nSPS) is 15.6. The van der Waals surface area contributed by atoms with Crippen LogP contribution in [0.5, 0.6) is 0 Å². The Bertz CT molecular complexity index is 635. The molecule has 5 atom stereocenters. The molecule has 0 aliphatic carbocycles. The molecule has 0 saturated carbocycles. The van der Waals surface area contributed by atoms with Gasteiger partial charge in [-0.2, -0.15) is 0 Å². The third kappa shape index (κ3) is 9.99. The van der Waals surface area contributed by atoms with Gasteiger partial charge < -0.3 is 48.5 Å². The molecule has 0 heterocycles. The van der Waals surface area contributed by atoms with Crippen LogP contribution < -0.4 is 33.2 Å². The molecule has 0 rings (SSSR count). The molecule has 0 saturated heterocycles. The first-order valence-corrected chi connectivity index (χ1v) is 9.14. The van der Waals surface area contributed by atoms with Gasteiger partial charge in [-0.15, -0.1) is 0 Å². The van der Waals surface area contributed by atoms with Gasteiger partial charge in [-0.25, -0.2) is 4.79 Å². The Labute approximate surface area is 173 Å². The Morgan fingerprint density at radius 2 is 1.53 bits per heavy atom. The van der Waals surface area contributed by atoms with Crippen LogP contribution in [0.25, 0.3) is 0 Å². The number of carbonyl (C=O) groups excluding carboxylic acids is 3. The fourth-order valence-electron chi connectivity index (χ4n) is 2.18. The maximum atomic E-state index is 12.6. The summed E-state index contributed by atoms with van der Waals surface area (Å²) in [6.45, 7) is 1.90. The summed E-state index contributed by atoms with van der Waals surface area (Å²) in [6, 6.07) is -5.20. The lowest BCUT2D eigenvalue weighted by Crippen LogP contribution is -2.60. The molecule has 14 nitrogen and oxygen atoms in total. The summed E-state index contributed by atoms with van der Waals surface area (Å²) in [6.07, 6.45) is -1.02. The van der Waals surface area contributed by atoms with Crippen molar-refractivity contribution in [3.63, 3.8) is 0 Å². The molecule has 0 radical (unpaired) electrons. The fraction of sp³-hybridized carbons (Fsp3) is 0.688. The quantitative estimate of drug-likeness (QED) is 0.0761. The van der Waals surface area contributed by atoms with Gasteiger partial charge in [0.2, 0.25) is 17.7 Å². The minimum Gasteiger partial charge on any atom is -0.480 e. The van der Waals surface area contributed by atoms with Crippen molar-refractivity contribution in [1.29, 1.82) is 0 Å². The number of carboxylic acids is 1. The highest BCUT2D eigenvalue weighted by atomic mass is 16.4. The first-order valence-electron chi connectivity index (χ1n) is 9.14. The zero-order valence-corrected chi connectivity index (χ0v) is 16.9. The molecular weight excluding hydrogens is 402 g/mol. The molecule has 30 heavy (non-hydrogen) atoms. The highest BCUT2D eigenvalue weighted by Crippen LogP contribution is 2.03. The highest BCUT2D eigenvalue weighted by molar-refractivity contribution is 5.94. The van der Waals surface area contributed by atoms with Gasteiger partial charge in [0.25, 0.3) is 0 Å². The molecule has 0 aliphatic heterocycles. The van der Waals surface area contributed by atoms with Crippen molar-refractivity contribution in [2.24, 2.45) is 22.2 Å². The number of hydrogen-bond acceptors (Lipinski definition) is 8. The van der Waals surface area contributed by atoms with Crippen molar-refractivity contribution in [1.82, 2.24) is 16.0 Å². The van der Waals surface area contributed by atoms with Gasteiger partial charge in [0.05, 0.1) is 18.8 Å². The number of aliphatic imine (C=N–C) groups is 1. The Morgan fingerprint density at radius 3 is 1.97 bits per heavy atom. The first kappa shape index (κ1) is 27.0. The van der Waals surface area contributed by atoms with Gasteiger partial charge >= 0.3 is 5.97 Å². The minimum atomic E-state index is -1.62. The lowest BCUT2D eigenvalue weighted by molar-refractivity contribution is -0.144. The topological polar surface area (TPSA) is 255 Å². The molecule has 5 unspecified atom stereocenters. The average molecular weight is 433 g/mol. The van der Waals surface area contributed by atoms with Crippen LogP contribution in [0.3, 0.4) is 0 Å². The van der Waals surface area contributed by atoms with Gasteiger partial charge in [-0.05, 0) is 26.7 Å². The van der Waals surface area contributed by atoms with E-state index in [1.807, 2.05) is 5.32 Å². The molecule has 0 aromatic carbocycles. The van der Waals surface area contributed by atoms with Crippen molar-refractivity contribution < 1.29 is 34.5 Å². The molecule has 0 spiro atoms. The number of nitrogens with two attached hydrogens (primary N) is 3. The van der Waals surface area contributed by atoms with Crippen LogP contribution >= 0.6 is 0 Å². The summed E-state index contributed by atoms with van der Waals surface area (Å²) in [7, 11) is 0. The molecule has 14 heteroatoms. The largest absolute Gasteiger partial charge is 0.480 e. The molecule has 0 aromatic heterocycles. The molecule has 3 amide bonds. The molecule has 172 valence electrons. The number of amides is 3. The number of nitrogens with zero attached hydrogens (tertiary/aromatic N) is 1. The number of carbonyl (C=O) groups is 4. The Hall–Kier alpha value is -2.97. The standard InChI is InChI=1S/C16H31N7O7/c1-7(17)12(26)21-9(4-3-5-20-16(18)19)13(27)23-11(8(2)25)14(28)22-10(6-24)15(29)30/h7-11,24-25H,3-6,17H2,1-2H3,(H,21,26)(H,22,28)(H,23,27)(H,29,30)(H4,18,19,20). The van der Waals surface area contributed by atoms with Crippen molar-refractivity contribution in [3.8, 4) is 0 Å². The zero-order valence-electron chi connectivity index (χ0n) is 16.9. The number of aliphatic carboxylic acids is 1. The maximum Gasteiger partial charge on any atom is 0.328 e. The summed E-state index contributed by atoms with van der Waals surface area (Å²) < 4.78 is 0. The van der Waals surface area contributed by atoms with Gasteiger partial charge in [0, 0.05) is 6.54 Å². The smallest absolute Gasteiger partial charge is 0.328 e. The van der Waals surface area contributed by atoms with Gasteiger partial charge in [0.1, 0.15) is 18.1 Å². The van der Waals surface area contributed by atoms with Crippen molar-refractivity contribution >= 4 is 29.7 Å². The second kappa shape index (κ2) is 13.3. The Balaban J connectivity index is 5.30. The van der Waals surface area contributed by atoms with Gasteiger partial charge in [0.15, 0.2) is 5.96 Å². The molecular formula is C16H31N7O7. The number of nitrogens with one attached hydrogen (secondary N) is 3. The van der Waals surface area contributed by atoms with E-state index in [-0.39, 0.29) is 18.9 Å². The van der Waals surface area contributed by atoms with Crippen LogP contribution in [0.15, 0.2) is 4.99 Å². The number of guanidine groups is 1. The predicted octanol–water partition coefficient (Wildman–Crippen LogP) is -4.70. The zero-order chi connectivity index (χ0) is 23.4. The first-order chi connectivity index (χ1) is 13.9. The van der Waals surface area contributed by atoms with Gasteiger partial charge in [-0.3, -0.25) is 19.4 Å². The second-order valence-corrected chi connectivity index (χ2v) is 6.61. The van der Waals surface area contributed by atoms with E-state index < -0.39 is 60.6 Å². The fourth-order valence-corrected chi connectivity index (χ4v) is 2.18. The SMILES string of the molecule is CC(N)C(=O)NC(CCCN=C(N)N)C(=O)NC(C(=O)NC(CO)C(=O)O)C(C)O. The van der Waals surface area contributed by atoms with E-state index in [1.165, 1.54) is 13.8 Å². The molecule has 0 aliphatic rings. The van der Waals surface area contributed by atoms with Crippen LogP contribution in [-0.4, -0.2) is 88.4 Å². The number of carboxylic acid groups (broad SMARTS) is 1. The van der Waals surface area contributed by atoms with E-state index in [0.717, 1.165) is 0 Å². The van der Waals surface area contributed by atoms with Crippen molar-refractivity contribution in [2.45, 2.75) is 57.0 Å². The van der Waals surface area contributed by atoms with E-state index in [9.17, 15) is 24.3 Å².